The van der Waals surface area contributed by atoms with Crippen LogP contribution in [0.15, 0.2) is 53.4 Å². The SMILES string of the molecule is O=C(CCc1ccc(S(=O)(=O)N2CCCCC2)cc1)NCc1ccccc1CN1CCCCC1. The average molecular weight is 484 g/mol. The molecule has 4 rings (SSSR count). The lowest BCUT2D eigenvalue weighted by atomic mass is 10.0. The molecule has 2 aliphatic heterocycles. The fraction of sp³-hybridized carbons (Fsp3) is 0.519. The molecule has 2 aromatic rings. The third-order valence-corrected chi connectivity index (χ3v) is 8.87. The van der Waals surface area contributed by atoms with E-state index >= 15 is 0 Å². The minimum Gasteiger partial charge on any atom is -0.352 e. The van der Waals surface area contributed by atoms with Crippen LogP contribution in [0, 0.1) is 0 Å². The molecule has 0 aromatic heterocycles. The Balaban J connectivity index is 1.26. The summed E-state index contributed by atoms with van der Waals surface area (Å²) in [6.45, 7) is 4.99. The normalized spacial score (nSPS) is 18.0. The van der Waals surface area contributed by atoms with Crippen molar-refractivity contribution in [3.63, 3.8) is 0 Å². The summed E-state index contributed by atoms with van der Waals surface area (Å²) in [5.41, 5.74) is 3.43. The topological polar surface area (TPSA) is 69.7 Å². The number of hydrogen-bond donors (Lipinski definition) is 1. The smallest absolute Gasteiger partial charge is 0.243 e. The van der Waals surface area contributed by atoms with Gasteiger partial charge in [0.25, 0.3) is 0 Å². The zero-order chi connectivity index (χ0) is 23.8. The van der Waals surface area contributed by atoms with Crippen LogP contribution in [-0.4, -0.2) is 49.7 Å². The van der Waals surface area contributed by atoms with Crippen LogP contribution >= 0.6 is 0 Å². The lowest BCUT2D eigenvalue weighted by molar-refractivity contribution is -0.121. The van der Waals surface area contributed by atoms with E-state index in [1.165, 1.54) is 30.4 Å². The van der Waals surface area contributed by atoms with Crippen LogP contribution in [0.5, 0.6) is 0 Å². The molecule has 184 valence electrons. The van der Waals surface area contributed by atoms with E-state index in [0.29, 0.717) is 37.4 Å². The van der Waals surface area contributed by atoms with Gasteiger partial charge >= 0.3 is 0 Å². The minimum atomic E-state index is -3.41. The Hall–Kier alpha value is -2.22. The van der Waals surface area contributed by atoms with E-state index in [2.05, 4.69) is 28.4 Å². The Morgan fingerprint density at radius 3 is 2.09 bits per heavy atom. The number of hydrogen-bond acceptors (Lipinski definition) is 4. The lowest BCUT2D eigenvalue weighted by Crippen LogP contribution is -2.35. The van der Waals surface area contributed by atoms with Crippen LogP contribution in [0.1, 0.15) is 61.6 Å². The fourth-order valence-corrected chi connectivity index (χ4v) is 6.38. The van der Waals surface area contributed by atoms with Crippen molar-refractivity contribution < 1.29 is 13.2 Å². The van der Waals surface area contributed by atoms with E-state index in [1.807, 2.05) is 18.2 Å². The maximum atomic E-state index is 12.8. The molecule has 1 N–H and O–H groups in total. The number of carbonyl (C=O) groups is 1. The summed E-state index contributed by atoms with van der Waals surface area (Å²) in [6.07, 6.45) is 7.78. The highest BCUT2D eigenvalue weighted by atomic mass is 32.2. The van der Waals surface area contributed by atoms with Crippen molar-refractivity contribution in [1.82, 2.24) is 14.5 Å². The molecule has 1 amide bonds. The number of carbonyl (C=O) groups excluding carboxylic acids is 1. The summed E-state index contributed by atoms with van der Waals surface area (Å²) < 4.78 is 27.2. The molecule has 2 aromatic carbocycles. The first-order valence-corrected chi connectivity index (χ1v) is 14.1. The summed E-state index contributed by atoms with van der Waals surface area (Å²) in [5.74, 6) is 0.0118. The first-order chi connectivity index (χ1) is 16.5. The summed E-state index contributed by atoms with van der Waals surface area (Å²) in [6, 6.07) is 15.4. The van der Waals surface area contributed by atoms with E-state index in [4.69, 9.17) is 0 Å². The lowest BCUT2D eigenvalue weighted by Gasteiger charge is -2.27. The first-order valence-electron chi connectivity index (χ1n) is 12.7. The van der Waals surface area contributed by atoms with Gasteiger partial charge in [-0.2, -0.15) is 4.31 Å². The Labute approximate surface area is 204 Å². The largest absolute Gasteiger partial charge is 0.352 e. The van der Waals surface area contributed by atoms with Crippen molar-refractivity contribution in [2.24, 2.45) is 0 Å². The van der Waals surface area contributed by atoms with E-state index in [1.54, 1.807) is 16.4 Å². The van der Waals surface area contributed by atoms with Crippen LogP contribution in [0.2, 0.25) is 0 Å². The van der Waals surface area contributed by atoms with E-state index < -0.39 is 10.0 Å². The van der Waals surface area contributed by atoms with Crippen LogP contribution in [0.3, 0.4) is 0 Å². The van der Waals surface area contributed by atoms with E-state index in [0.717, 1.165) is 44.5 Å². The molecule has 2 fully saturated rings. The molecule has 0 unspecified atom stereocenters. The second-order valence-corrected chi connectivity index (χ2v) is 11.4. The fourth-order valence-electron chi connectivity index (χ4n) is 4.87. The maximum Gasteiger partial charge on any atom is 0.243 e. The highest BCUT2D eigenvalue weighted by Gasteiger charge is 2.25. The molecular weight excluding hydrogens is 446 g/mol. The molecule has 6 nitrogen and oxygen atoms in total. The first kappa shape index (κ1) is 24.9. The summed E-state index contributed by atoms with van der Waals surface area (Å²) in [7, 11) is -3.41. The quantitative estimate of drug-likeness (QED) is 0.583. The predicted octanol–water partition coefficient (Wildman–Crippen LogP) is 4.10. The van der Waals surface area contributed by atoms with Gasteiger partial charge in [-0.25, -0.2) is 8.42 Å². The second kappa shape index (κ2) is 12.0. The number of amides is 1. The molecule has 2 saturated heterocycles. The van der Waals surface area contributed by atoms with Crippen molar-refractivity contribution in [1.29, 1.82) is 0 Å². The van der Waals surface area contributed by atoms with Gasteiger partial charge in [-0.1, -0.05) is 49.2 Å². The van der Waals surface area contributed by atoms with E-state index in [-0.39, 0.29) is 5.91 Å². The summed E-state index contributed by atoms with van der Waals surface area (Å²) >= 11 is 0. The monoisotopic (exact) mass is 483 g/mol. The molecule has 0 saturated carbocycles. The van der Waals surface area contributed by atoms with Gasteiger partial charge in [0.2, 0.25) is 15.9 Å². The standard InChI is InChI=1S/C27H37N3O3S/c31-27(28-21-24-9-3-4-10-25(24)22-29-17-5-1-6-18-29)16-13-23-11-14-26(15-12-23)34(32,33)30-19-7-2-8-20-30/h3-4,9-12,14-15H,1-2,5-8,13,16-22H2,(H,28,31). The molecule has 0 aliphatic carbocycles. The van der Waals surface area contributed by atoms with Crippen LogP contribution in [0.4, 0.5) is 0 Å². The third-order valence-electron chi connectivity index (χ3n) is 6.95. The Bertz CT molecular complexity index is 1040. The van der Waals surface area contributed by atoms with Gasteiger partial charge in [-0.3, -0.25) is 9.69 Å². The van der Waals surface area contributed by atoms with Crippen LogP contribution in [0.25, 0.3) is 0 Å². The average Bonchev–Trinajstić information content (AvgIpc) is 2.88. The van der Waals surface area contributed by atoms with Gasteiger partial charge < -0.3 is 5.32 Å². The van der Waals surface area contributed by atoms with Crippen LogP contribution in [-0.2, 0) is 34.3 Å². The van der Waals surface area contributed by atoms with Crippen molar-refractivity contribution in [2.45, 2.75) is 69.4 Å². The number of nitrogens with zero attached hydrogens (tertiary/aromatic N) is 2. The second-order valence-electron chi connectivity index (χ2n) is 9.49. The number of aryl methyl sites for hydroxylation is 1. The highest BCUT2D eigenvalue weighted by Crippen LogP contribution is 2.21. The van der Waals surface area contributed by atoms with Crippen molar-refractivity contribution in [2.75, 3.05) is 26.2 Å². The number of nitrogens with one attached hydrogen (secondary N) is 1. The van der Waals surface area contributed by atoms with Crippen molar-refractivity contribution in [3.05, 3.63) is 65.2 Å². The van der Waals surface area contributed by atoms with Crippen LogP contribution < -0.4 is 5.32 Å². The van der Waals surface area contributed by atoms with Gasteiger partial charge in [-0.05, 0) is 74.0 Å². The van der Waals surface area contributed by atoms with Crippen molar-refractivity contribution >= 4 is 15.9 Å². The summed E-state index contributed by atoms with van der Waals surface area (Å²) in [4.78, 5) is 15.3. The van der Waals surface area contributed by atoms with Gasteiger partial charge in [0.05, 0.1) is 4.90 Å². The van der Waals surface area contributed by atoms with Gasteiger partial charge in [0, 0.05) is 32.6 Å². The molecule has 0 atom stereocenters. The Kier molecular flexibility index (Phi) is 8.75. The number of benzene rings is 2. The third kappa shape index (κ3) is 6.68. The van der Waals surface area contributed by atoms with Gasteiger partial charge in [-0.15, -0.1) is 0 Å². The molecule has 0 spiro atoms. The Morgan fingerprint density at radius 2 is 1.41 bits per heavy atom. The summed E-state index contributed by atoms with van der Waals surface area (Å²) in [5, 5.41) is 3.07. The molecule has 34 heavy (non-hydrogen) atoms. The van der Waals surface area contributed by atoms with Crippen molar-refractivity contribution in [3.8, 4) is 0 Å². The van der Waals surface area contributed by atoms with E-state index in [9.17, 15) is 13.2 Å². The van der Waals surface area contributed by atoms with Gasteiger partial charge in [0.1, 0.15) is 0 Å². The maximum absolute atomic E-state index is 12.8. The number of sulfonamides is 1. The minimum absolute atomic E-state index is 0.0118. The zero-order valence-electron chi connectivity index (χ0n) is 20.0. The van der Waals surface area contributed by atoms with Gasteiger partial charge in [0.15, 0.2) is 0 Å². The molecule has 2 aliphatic rings. The number of likely N-dealkylation sites (tertiary alicyclic amines) is 1. The molecule has 2 heterocycles. The molecular formula is C27H37N3O3S. The number of rotatable bonds is 9. The predicted molar refractivity (Wildman–Crippen MR) is 135 cm³/mol. The molecule has 0 bridgehead atoms. The molecule has 0 radical (unpaired) electrons. The number of piperidine rings is 2. The zero-order valence-corrected chi connectivity index (χ0v) is 20.9. The Morgan fingerprint density at radius 1 is 0.794 bits per heavy atom. The highest BCUT2D eigenvalue weighted by molar-refractivity contribution is 7.89. The molecule has 7 heteroatoms.